The minimum atomic E-state index is -0.106. The molecule has 0 radical (unpaired) electrons. The van der Waals surface area contributed by atoms with E-state index in [0.717, 1.165) is 65.9 Å². The summed E-state index contributed by atoms with van der Waals surface area (Å²) in [4.78, 5) is 22.0. The Balaban J connectivity index is 1.19. The van der Waals surface area contributed by atoms with Crippen molar-refractivity contribution in [3.63, 3.8) is 0 Å². The maximum Gasteiger partial charge on any atom is 0.322 e. The van der Waals surface area contributed by atoms with Crippen molar-refractivity contribution < 1.29 is 9.53 Å². The van der Waals surface area contributed by atoms with Gasteiger partial charge in [0.25, 0.3) is 0 Å². The van der Waals surface area contributed by atoms with Crippen LogP contribution in [0, 0.1) is 0 Å². The number of likely N-dealkylation sites (tertiary alicyclic amines) is 1. The highest BCUT2D eigenvalue weighted by Crippen LogP contribution is 2.50. The predicted molar refractivity (Wildman–Crippen MR) is 159 cm³/mol. The monoisotopic (exact) mass is 556 g/mol. The summed E-state index contributed by atoms with van der Waals surface area (Å²) in [6, 6.07) is 15.8. The second-order valence-corrected chi connectivity index (χ2v) is 11.0. The minimum Gasteiger partial charge on any atom is -0.497 e. The van der Waals surface area contributed by atoms with Crippen LogP contribution in [0.1, 0.15) is 29.5 Å². The van der Waals surface area contributed by atoms with Gasteiger partial charge in [-0.05, 0) is 79.0 Å². The molecule has 2 aromatic carbocycles. The molecule has 2 aliphatic heterocycles. The molecule has 9 heteroatoms. The summed E-state index contributed by atoms with van der Waals surface area (Å²) < 4.78 is 7.17. The summed E-state index contributed by atoms with van der Waals surface area (Å²) in [7, 11) is 3.65. The lowest BCUT2D eigenvalue weighted by Gasteiger charge is -2.39. The van der Waals surface area contributed by atoms with Gasteiger partial charge in [0.2, 0.25) is 0 Å². The van der Waals surface area contributed by atoms with Crippen molar-refractivity contribution in [2.75, 3.05) is 38.2 Å². The summed E-state index contributed by atoms with van der Waals surface area (Å²) in [5, 5.41) is 9.21. The van der Waals surface area contributed by atoms with Crippen molar-refractivity contribution >= 4 is 40.3 Å². The fourth-order valence-electron chi connectivity index (χ4n) is 6.10. The lowest BCUT2D eigenvalue weighted by atomic mass is 9.73. The first-order valence-corrected chi connectivity index (χ1v) is 14.0. The maximum atomic E-state index is 13.5. The number of pyridine rings is 1. The number of anilines is 1. The minimum absolute atomic E-state index is 0.0980. The number of hydrogen-bond donors (Lipinski definition) is 1. The van der Waals surface area contributed by atoms with E-state index in [-0.39, 0.29) is 11.4 Å². The molecular formula is C31H33ClN6O2. The number of benzene rings is 2. The lowest BCUT2D eigenvalue weighted by Crippen LogP contribution is -2.47. The molecule has 1 saturated heterocycles. The topological polar surface area (TPSA) is 75.5 Å². The molecule has 2 aromatic heterocycles. The number of rotatable bonds is 6. The number of amides is 2. The van der Waals surface area contributed by atoms with E-state index in [1.54, 1.807) is 19.4 Å². The van der Waals surface area contributed by atoms with Gasteiger partial charge >= 0.3 is 6.03 Å². The van der Waals surface area contributed by atoms with E-state index in [2.05, 4.69) is 56.7 Å². The zero-order valence-corrected chi connectivity index (χ0v) is 23.6. The number of carbonyl (C=O) groups is 1. The largest absolute Gasteiger partial charge is 0.497 e. The van der Waals surface area contributed by atoms with Gasteiger partial charge in [-0.3, -0.25) is 14.5 Å². The van der Waals surface area contributed by atoms with Crippen LogP contribution in [0.25, 0.3) is 17.0 Å². The Labute approximate surface area is 239 Å². The molecule has 0 saturated carbocycles. The number of nitrogens with one attached hydrogen (secondary N) is 1. The Bertz CT molecular complexity index is 1560. The maximum absolute atomic E-state index is 13.5. The van der Waals surface area contributed by atoms with Crippen LogP contribution in [0.4, 0.5) is 10.5 Å². The van der Waals surface area contributed by atoms with Crippen molar-refractivity contribution in [1.29, 1.82) is 0 Å². The van der Waals surface area contributed by atoms with Crippen LogP contribution in [0.15, 0.2) is 67.0 Å². The first kappa shape index (κ1) is 26.3. The third-order valence-corrected chi connectivity index (χ3v) is 8.48. The van der Waals surface area contributed by atoms with Gasteiger partial charge in [0.1, 0.15) is 10.9 Å². The predicted octanol–water partition coefficient (Wildman–Crippen LogP) is 5.41. The molecule has 0 bridgehead atoms. The van der Waals surface area contributed by atoms with Gasteiger partial charge < -0.3 is 10.1 Å². The van der Waals surface area contributed by atoms with Crippen LogP contribution >= 0.6 is 11.6 Å². The molecule has 2 aliphatic rings. The first-order chi connectivity index (χ1) is 19.5. The number of aromatic nitrogens is 3. The fourth-order valence-corrected chi connectivity index (χ4v) is 6.29. The fraction of sp³-hybridized carbons (Fsp3) is 0.323. The number of carbonyl (C=O) groups excluding carboxylic acids is 1. The van der Waals surface area contributed by atoms with Gasteiger partial charge in [-0.25, -0.2) is 9.78 Å². The number of piperidine rings is 1. The molecule has 1 fully saturated rings. The van der Waals surface area contributed by atoms with Crippen LogP contribution in [-0.2, 0) is 19.0 Å². The number of methoxy groups -OCH3 is 1. The third-order valence-electron chi connectivity index (χ3n) is 8.27. The van der Waals surface area contributed by atoms with Crippen molar-refractivity contribution in [1.82, 2.24) is 25.0 Å². The summed E-state index contributed by atoms with van der Waals surface area (Å²) in [6.45, 7) is 3.88. The molecule has 1 N–H and O–H groups in total. The number of hydrogen-bond acceptors (Lipinski definition) is 5. The summed E-state index contributed by atoms with van der Waals surface area (Å²) >= 11 is 6.04. The average Bonchev–Trinajstić information content (AvgIpc) is 3.51. The molecule has 2 amide bonds. The highest BCUT2D eigenvalue weighted by molar-refractivity contribution is 6.29. The number of halogens is 1. The third kappa shape index (κ3) is 5.05. The molecule has 0 atom stereocenters. The van der Waals surface area contributed by atoms with Crippen molar-refractivity contribution in [2.24, 2.45) is 7.05 Å². The normalized spacial score (nSPS) is 16.6. The number of aryl methyl sites for hydroxylation is 1. The van der Waals surface area contributed by atoms with Gasteiger partial charge in [0.05, 0.1) is 24.5 Å². The summed E-state index contributed by atoms with van der Waals surface area (Å²) in [6.07, 6.45) is 9.97. The molecule has 6 rings (SSSR count). The molecule has 8 nitrogen and oxygen atoms in total. The van der Waals surface area contributed by atoms with Gasteiger partial charge in [-0.1, -0.05) is 35.9 Å². The molecule has 4 heterocycles. The van der Waals surface area contributed by atoms with E-state index >= 15 is 0 Å². The van der Waals surface area contributed by atoms with E-state index < -0.39 is 0 Å². The van der Waals surface area contributed by atoms with Crippen LogP contribution in [0.5, 0.6) is 5.75 Å². The van der Waals surface area contributed by atoms with Crippen molar-refractivity contribution in [3.05, 3.63) is 88.8 Å². The Kier molecular flexibility index (Phi) is 7.21. The van der Waals surface area contributed by atoms with Gasteiger partial charge in [0, 0.05) is 43.7 Å². The van der Waals surface area contributed by atoms with Crippen molar-refractivity contribution in [2.45, 2.75) is 24.8 Å². The van der Waals surface area contributed by atoms with E-state index in [9.17, 15) is 4.79 Å². The summed E-state index contributed by atoms with van der Waals surface area (Å²) in [5.41, 5.74) is 5.31. The van der Waals surface area contributed by atoms with Gasteiger partial charge in [-0.2, -0.15) is 5.10 Å². The van der Waals surface area contributed by atoms with Crippen molar-refractivity contribution in [3.8, 4) is 5.75 Å². The first-order valence-electron chi connectivity index (χ1n) is 13.6. The molecule has 1 spiro atoms. The Morgan fingerprint density at radius 2 is 1.95 bits per heavy atom. The lowest BCUT2D eigenvalue weighted by molar-refractivity contribution is 0.181. The zero-order valence-electron chi connectivity index (χ0n) is 22.8. The second-order valence-electron chi connectivity index (χ2n) is 10.6. The zero-order chi connectivity index (χ0) is 27.7. The average molecular weight is 557 g/mol. The van der Waals surface area contributed by atoms with Gasteiger partial charge in [-0.15, -0.1) is 0 Å². The number of urea groups is 1. The number of fused-ring (bicyclic) bond motifs is 4. The smallest absolute Gasteiger partial charge is 0.322 e. The second kappa shape index (κ2) is 10.9. The standard InChI is InChI=1S/C31H33ClN6O2/c1-36-26-9-10-27-29(25(26)20-35-36)31(21-38(27)30(39)34-19-23-11-14-33-28(32)18-23)12-16-37(17-13-31)15-3-4-22-5-7-24(40-2)8-6-22/h3-11,14,18,20H,12-13,15-17,19,21H2,1-2H3,(H,34,39). The molecule has 40 heavy (non-hydrogen) atoms. The number of ether oxygens (including phenoxy) is 1. The molecule has 206 valence electrons. The molecule has 0 aliphatic carbocycles. The Hall–Kier alpha value is -3.88. The molecular weight excluding hydrogens is 524 g/mol. The Morgan fingerprint density at radius 1 is 1.15 bits per heavy atom. The number of nitrogens with zero attached hydrogens (tertiary/aromatic N) is 5. The Morgan fingerprint density at radius 3 is 2.70 bits per heavy atom. The van der Waals surface area contributed by atoms with E-state index in [0.29, 0.717) is 18.2 Å². The molecule has 4 aromatic rings. The van der Waals surface area contributed by atoms with Crippen LogP contribution in [-0.4, -0.2) is 59.0 Å². The summed E-state index contributed by atoms with van der Waals surface area (Å²) in [5.74, 6) is 0.863. The van der Waals surface area contributed by atoms with Gasteiger partial charge in [0.15, 0.2) is 0 Å². The van der Waals surface area contributed by atoms with Crippen LogP contribution in [0.2, 0.25) is 5.15 Å². The molecule has 0 unspecified atom stereocenters. The van der Waals surface area contributed by atoms with E-state index in [1.807, 2.05) is 41.0 Å². The van der Waals surface area contributed by atoms with Crippen LogP contribution < -0.4 is 15.0 Å². The van der Waals surface area contributed by atoms with Crippen LogP contribution in [0.3, 0.4) is 0 Å². The van der Waals surface area contributed by atoms with E-state index in [4.69, 9.17) is 16.3 Å². The van der Waals surface area contributed by atoms with E-state index in [1.165, 1.54) is 5.56 Å². The highest BCUT2D eigenvalue weighted by atomic mass is 35.5. The quantitative estimate of drug-likeness (QED) is 0.322. The highest BCUT2D eigenvalue weighted by Gasteiger charge is 2.47. The SMILES string of the molecule is COc1ccc(C=CCN2CCC3(CC2)CN(C(=O)NCc2ccnc(Cl)c2)c2ccc4c(cnn4C)c23)cc1.